The van der Waals surface area contributed by atoms with Crippen LogP contribution in [0.2, 0.25) is 0 Å². The maximum atomic E-state index is 12.1. The summed E-state index contributed by atoms with van der Waals surface area (Å²) in [6, 6.07) is 16.5. The lowest BCUT2D eigenvalue weighted by molar-refractivity contribution is 0.0465. The van der Waals surface area contributed by atoms with Gasteiger partial charge in [-0.05, 0) is 23.8 Å². The molecule has 0 amide bonds. The molecule has 1 aromatic carbocycles. The van der Waals surface area contributed by atoms with Gasteiger partial charge in [-0.15, -0.1) is 0 Å². The first-order valence-corrected chi connectivity index (χ1v) is 6.78. The van der Waals surface area contributed by atoms with Gasteiger partial charge in [-0.3, -0.25) is 4.98 Å². The number of carbonyl (C=O) groups excluding carboxylic acids is 1. The number of ether oxygens (including phenoxy) is 1. The van der Waals surface area contributed by atoms with Crippen LogP contribution in [0.1, 0.15) is 16.1 Å². The number of aromatic nitrogens is 3. The normalized spacial score (nSPS) is 10.2. The Labute approximate surface area is 127 Å². The summed E-state index contributed by atoms with van der Waals surface area (Å²) in [6.45, 7) is 0.211. The maximum Gasteiger partial charge on any atom is 0.357 e. The van der Waals surface area contributed by atoms with E-state index in [1.807, 2.05) is 42.5 Å². The molecular weight excluding hydrogens is 278 g/mol. The molecule has 0 aliphatic heterocycles. The minimum absolute atomic E-state index is 0.211. The Morgan fingerprint density at radius 1 is 0.909 bits per heavy atom. The highest BCUT2D eigenvalue weighted by molar-refractivity contribution is 5.87. The van der Waals surface area contributed by atoms with Gasteiger partial charge in [-0.2, -0.15) is 0 Å². The van der Waals surface area contributed by atoms with Crippen LogP contribution in [0.15, 0.2) is 67.0 Å². The fourth-order valence-corrected chi connectivity index (χ4v) is 1.89. The summed E-state index contributed by atoms with van der Waals surface area (Å²) >= 11 is 0. The van der Waals surface area contributed by atoms with Crippen LogP contribution in [0.5, 0.6) is 0 Å². The molecule has 0 bridgehead atoms. The third-order valence-corrected chi connectivity index (χ3v) is 2.97. The topological polar surface area (TPSA) is 65.0 Å². The van der Waals surface area contributed by atoms with Gasteiger partial charge in [0.05, 0.1) is 0 Å². The van der Waals surface area contributed by atoms with E-state index in [1.54, 1.807) is 12.3 Å². The summed E-state index contributed by atoms with van der Waals surface area (Å²) in [5, 5.41) is 0. The molecule has 0 unspecified atom stereocenters. The third-order valence-electron chi connectivity index (χ3n) is 2.97. The molecule has 0 saturated carbocycles. The molecular formula is C17H13N3O2. The van der Waals surface area contributed by atoms with Crippen molar-refractivity contribution < 1.29 is 9.53 Å². The van der Waals surface area contributed by atoms with E-state index in [2.05, 4.69) is 15.0 Å². The molecule has 3 rings (SSSR count). The lowest BCUT2D eigenvalue weighted by atomic mass is 10.2. The van der Waals surface area contributed by atoms with Gasteiger partial charge >= 0.3 is 5.97 Å². The maximum absolute atomic E-state index is 12.1. The van der Waals surface area contributed by atoms with E-state index in [1.165, 1.54) is 12.3 Å². The molecule has 0 atom stereocenters. The number of carbonyl (C=O) groups is 1. The van der Waals surface area contributed by atoms with E-state index in [-0.39, 0.29) is 12.3 Å². The van der Waals surface area contributed by atoms with Gasteiger partial charge in [-0.1, -0.05) is 36.4 Å². The predicted molar refractivity (Wildman–Crippen MR) is 80.8 cm³/mol. The molecule has 5 nitrogen and oxygen atoms in total. The molecule has 22 heavy (non-hydrogen) atoms. The first kappa shape index (κ1) is 13.9. The van der Waals surface area contributed by atoms with E-state index in [0.717, 1.165) is 5.56 Å². The summed E-state index contributed by atoms with van der Waals surface area (Å²) < 4.78 is 5.26. The third kappa shape index (κ3) is 3.32. The Morgan fingerprint density at radius 2 is 1.73 bits per heavy atom. The van der Waals surface area contributed by atoms with Crippen LogP contribution >= 0.6 is 0 Å². The van der Waals surface area contributed by atoms with Crippen molar-refractivity contribution in [2.75, 3.05) is 0 Å². The second-order valence-corrected chi connectivity index (χ2v) is 4.54. The molecule has 0 fully saturated rings. The van der Waals surface area contributed by atoms with Crippen molar-refractivity contribution in [3.05, 3.63) is 78.2 Å². The standard InChI is InChI=1S/C17H13N3O2/c21-17(22-12-13-6-2-1-3-7-13)15-9-11-19-16(20-15)14-8-4-5-10-18-14/h1-11H,12H2. The van der Waals surface area contributed by atoms with Gasteiger partial charge < -0.3 is 4.74 Å². The minimum atomic E-state index is -0.483. The van der Waals surface area contributed by atoms with Crippen LogP contribution in [-0.4, -0.2) is 20.9 Å². The second kappa shape index (κ2) is 6.58. The van der Waals surface area contributed by atoms with Crippen molar-refractivity contribution >= 4 is 5.97 Å². The average Bonchev–Trinajstić information content (AvgIpc) is 2.61. The Hall–Kier alpha value is -3.08. The summed E-state index contributed by atoms with van der Waals surface area (Å²) in [5.74, 6) is -0.0850. The zero-order valence-electron chi connectivity index (χ0n) is 11.7. The van der Waals surface area contributed by atoms with E-state index >= 15 is 0 Å². The smallest absolute Gasteiger partial charge is 0.357 e. The van der Waals surface area contributed by atoms with Gasteiger partial charge in [0, 0.05) is 12.4 Å². The fraction of sp³-hybridized carbons (Fsp3) is 0.0588. The highest BCUT2D eigenvalue weighted by atomic mass is 16.5. The van der Waals surface area contributed by atoms with Crippen LogP contribution in [0.25, 0.3) is 11.5 Å². The number of esters is 1. The van der Waals surface area contributed by atoms with Crippen molar-refractivity contribution in [1.29, 1.82) is 0 Å². The summed E-state index contributed by atoms with van der Waals surface area (Å²) in [7, 11) is 0. The lowest BCUT2D eigenvalue weighted by Crippen LogP contribution is -2.08. The van der Waals surface area contributed by atoms with Gasteiger partial charge in [0.2, 0.25) is 0 Å². The molecule has 0 aliphatic carbocycles. The minimum Gasteiger partial charge on any atom is -0.456 e. The molecule has 5 heteroatoms. The number of benzene rings is 1. The molecule has 3 aromatic rings. The molecule has 0 radical (unpaired) electrons. The Morgan fingerprint density at radius 3 is 2.50 bits per heavy atom. The number of rotatable bonds is 4. The number of pyridine rings is 1. The second-order valence-electron chi connectivity index (χ2n) is 4.54. The predicted octanol–water partition coefficient (Wildman–Crippen LogP) is 2.90. The molecule has 0 spiro atoms. The molecule has 0 N–H and O–H groups in total. The monoisotopic (exact) mass is 291 g/mol. The molecule has 0 saturated heterocycles. The highest BCUT2D eigenvalue weighted by Crippen LogP contribution is 2.11. The Balaban J connectivity index is 1.73. The van der Waals surface area contributed by atoms with Crippen molar-refractivity contribution in [3.8, 4) is 11.5 Å². The summed E-state index contributed by atoms with van der Waals surface area (Å²) in [5.41, 5.74) is 1.75. The van der Waals surface area contributed by atoms with Crippen LogP contribution in [0, 0.1) is 0 Å². The van der Waals surface area contributed by atoms with Crippen LogP contribution in [-0.2, 0) is 11.3 Å². The van der Waals surface area contributed by atoms with E-state index < -0.39 is 5.97 Å². The van der Waals surface area contributed by atoms with Gasteiger partial charge in [-0.25, -0.2) is 14.8 Å². The molecule has 2 aromatic heterocycles. The molecule has 108 valence electrons. The first-order valence-electron chi connectivity index (χ1n) is 6.78. The van der Waals surface area contributed by atoms with Crippen LogP contribution in [0.4, 0.5) is 0 Å². The SMILES string of the molecule is O=C(OCc1ccccc1)c1ccnc(-c2ccccn2)n1. The van der Waals surface area contributed by atoms with Gasteiger partial charge in [0.15, 0.2) is 11.5 Å². The van der Waals surface area contributed by atoms with Crippen molar-refractivity contribution in [3.63, 3.8) is 0 Å². The van der Waals surface area contributed by atoms with E-state index in [9.17, 15) is 4.79 Å². The summed E-state index contributed by atoms with van der Waals surface area (Å²) in [4.78, 5) is 24.6. The zero-order chi connectivity index (χ0) is 15.2. The van der Waals surface area contributed by atoms with Crippen LogP contribution < -0.4 is 0 Å². The lowest BCUT2D eigenvalue weighted by Gasteiger charge is -2.05. The number of hydrogen-bond donors (Lipinski definition) is 0. The van der Waals surface area contributed by atoms with Crippen molar-refractivity contribution in [2.24, 2.45) is 0 Å². The van der Waals surface area contributed by atoms with Crippen molar-refractivity contribution in [1.82, 2.24) is 15.0 Å². The van der Waals surface area contributed by atoms with Crippen LogP contribution in [0.3, 0.4) is 0 Å². The van der Waals surface area contributed by atoms with Gasteiger partial charge in [0.1, 0.15) is 12.3 Å². The number of nitrogens with zero attached hydrogens (tertiary/aromatic N) is 3. The molecule has 0 aliphatic rings. The average molecular weight is 291 g/mol. The fourth-order valence-electron chi connectivity index (χ4n) is 1.89. The van der Waals surface area contributed by atoms with E-state index in [0.29, 0.717) is 11.5 Å². The quantitative estimate of drug-likeness (QED) is 0.691. The first-order chi connectivity index (χ1) is 10.8. The van der Waals surface area contributed by atoms with Gasteiger partial charge in [0.25, 0.3) is 0 Å². The Kier molecular flexibility index (Phi) is 4.15. The Bertz CT molecular complexity index is 761. The van der Waals surface area contributed by atoms with E-state index in [4.69, 9.17) is 4.74 Å². The van der Waals surface area contributed by atoms with Crippen molar-refractivity contribution in [2.45, 2.75) is 6.61 Å². The molecule has 2 heterocycles. The highest BCUT2D eigenvalue weighted by Gasteiger charge is 2.11. The largest absolute Gasteiger partial charge is 0.456 e. The number of hydrogen-bond acceptors (Lipinski definition) is 5. The summed E-state index contributed by atoms with van der Waals surface area (Å²) in [6.07, 6.45) is 3.18. The zero-order valence-corrected chi connectivity index (χ0v) is 11.7.